The average Bonchev–Trinajstić information content (AvgIpc) is 2.97. The minimum absolute atomic E-state index is 0.0886. The third kappa shape index (κ3) is 2.76. The highest BCUT2D eigenvalue weighted by Crippen LogP contribution is 2.32. The minimum atomic E-state index is -0.698. The second-order valence-corrected chi connectivity index (χ2v) is 7.17. The first-order chi connectivity index (χ1) is 8.98. The number of nitrogens with two attached hydrogens (primary N) is 1. The van der Waals surface area contributed by atoms with E-state index in [9.17, 15) is 4.79 Å². The van der Waals surface area contributed by atoms with E-state index in [0.717, 1.165) is 22.2 Å². The molecule has 1 aliphatic rings. The largest absolute Gasteiger partial charge is 0.409 e. The van der Waals surface area contributed by atoms with Crippen molar-refractivity contribution in [3.8, 4) is 0 Å². The van der Waals surface area contributed by atoms with E-state index in [1.807, 2.05) is 13.0 Å². The van der Waals surface area contributed by atoms with Gasteiger partial charge in [-0.3, -0.25) is 4.79 Å². The van der Waals surface area contributed by atoms with E-state index in [2.05, 4.69) is 26.4 Å². The van der Waals surface area contributed by atoms with Crippen LogP contribution in [0.3, 0.4) is 0 Å². The van der Waals surface area contributed by atoms with Gasteiger partial charge in [-0.15, -0.1) is 11.3 Å². The second-order valence-electron chi connectivity index (χ2n) is 4.80. The Balaban J connectivity index is 2.20. The number of carbonyl (C=O) groups excluding carboxylic acids is 1. The van der Waals surface area contributed by atoms with Crippen molar-refractivity contribution in [1.82, 2.24) is 5.32 Å². The zero-order chi connectivity index (χ0) is 14.0. The molecule has 19 heavy (non-hydrogen) atoms. The molecule has 1 aromatic rings. The third-order valence-electron chi connectivity index (χ3n) is 3.49. The summed E-state index contributed by atoms with van der Waals surface area (Å²) in [7, 11) is 0. The van der Waals surface area contributed by atoms with Crippen LogP contribution in [0.4, 0.5) is 0 Å². The van der Waals surface area contributed by atoms with Crippen molar-refractivity contribution in [2.75, 3.05) is 0 Å². The Morgan fingerprint density at radius 3 is 2.68 bits per heavy atom. The average molecular weight is 346 g/mol. The van der Waals surface area contributed by atoms with Gasteiger partial charge in [0.2, 0.25) is 0 Å². The van der Waals surface area contributed by atoms with Crippen LogP contribution in [0.2, 0.25) is 0 Å². The third-order valence-corrected chi connectivity index (χ3v) is 5.62. The Hall–Kier alpha value is -1.08. The molecule has 0 bridgehead atoms. The number of halogens is 1. The van der Waals surface area contributed by atoms with Gasteiger partial charge in [0.25, 0.3) is 5.91 Å². The Labute approximate surface area is 124 Å². The molecule has 0 atom stereocenters. The predicted molar refractivity (Wildman–Crippen MR) is 78.8 cm³/mol. The maximum absolute atomic E-state index is 12.3. The molecule has 1 saturated carbocycles. The van der Waals surface area contributed by atoms with Gasteiger partial charge in [-0.1, -0.05) is 18.0 Å². The molecule has 1 aliphatic carbocycles. The number of amides is 1. The van der Waals surface area contributed by atoms with Crippen molar-refractivity contribution < 1.29 is 10.0 Å². The molecule has 1 amide bonds. The maximum atomic E-state index is 12.3. The van der Waals surface area contributed by atoms with E-state index >= 15 is 0 Å². The van der Waals surface area contributed by atoms with Crippen molar-refractivity contribution in [3.63, 3.8) is 0 Å². The number of nitrogens with one attached hydrogen (secondary N) is 1. The van der Waals surface area contributed by atoms with Crippen molar-refractivity contribution >= 4 is 39.0 Å². The number of amidine groups is 1. The normalized spacial score (nSPS) is 18.5. The number of hydrogen-bond donors (Lipinski definition) is 3. The van der Waals surface area contributed by atoms with Gasteiger partial charge in [0.15, 0.2) is 5.84 Å². The number of thiophene rings is 1. The fraction of sp³-hybridized carbons (Fsp3) is 0.500. The predicted octanol–water partition coefficient (Wildman–Crippen LogP) is 2.61. The molecule has 0 spiro atoms. The fourth-order valence-electron chi connectivity index (χ4n) is 2.37. The van der Waals surface area contributed by atoms with Crippen LogP contribution < -0.4 is 11.1 Å². The first-order valence-electron chi connectivity index (χ1n) is 6.05. The van der Waals surface area contributed by atoms with Crippen LogP contribution in [0.1, 0.15) is 40.9 Å². The molecule has 0 unspecified atom stereocenters. The number of nitrogens with zero attached hydrogens (tertiary/aromatic N) is 1. The standard InChI is InChI=1S/C12H16BrN3O2S/c1-7-6-8(19-9(7)13)10(17)15-12(11(14)16-18)4-2-3-5-12/h6,18H,2-5H2,1H3,(H2,14,16)(H,15,17). The molecule has 0 saturated heterocycles. The highest BCUT2D eigenvalue weighted by molar-refractivity contribution is 9.11. The van der Waals surface area contributed by atoms with Crippen LogP contribution in [0.5, 0.6) is 0 Å². The number of oxime groups is 1. The van der Waals surface area contributed by atoms with E-state index in [1.165, 1.54) is 11.3 Å². The second kappa shape index (κ2) is 5.50. The van der Waals surface area contributed by atoms with Crippen LogP contribution in [-0.4, -0.2) is 22.5 Å². The zero-order valence-corrected chi connectivity index (χ0v) is 13.0. The summed E-state index contributed by atoms with van der Waals surface area (Å²) in [6, 6.07) is 1.83. The SMILES string of the molecule is Cc1cc(C(=O)NC2(C(N)=NO)CCCC2)sc1Br. The molecule has 7 heteroatoms. The molecule has 0 radical (unpaired) electrons. The van der Waals surface area contributed by atoms with Crippen molar-refractivity contribution in [2.24, 2.45) is 10.9 Å². The van der Waals surface area contributed by atoms with E-state index in [4.69, 9.17) is 10.9 Å². The van der Waals surface area contributed by atoms with Gasteiger partial charge in [-0.05, 0) is 47.3 Å². The molecule has 2 rings (SSSR count). The molecule has 4 N–H and O–H groups in total. The van der Waals surface area contributed by atoms with Crippen LogP contribution in [0, 0.1) is 6.92 Å². The van der Waals surface area contributed by atoms with E-state index in [1.54, 1.807) is 0 Å². The summed E-state index contributed by atoms with van der Waals surface area (Å²) in [5.74, 6) is -0.0852. The first kappa shape index (κ1) is 14.3. The molecule has 5 nitrogen and oxygen atoms in total. The van der Waals surface area contributed by atoms with E-state index in [-0.39, 0.29) is 11.7 Å². The van der Waals surface area contributed by atoms with Gasteiger partial charge in [-0.2, -0.15) is 0 Å². The molecule has 0 aromatic carbocycles. The molecular formula is C12H16BrN3O2S. The Morgan fingerprint density at radius 2 is 2.21 bits per heavy atom. The summed E-state index contributed by atoms with van der Waals surface area (Å²) < 4.78 is 0.946. The molecule has 0 aliphatic heterocycles. The first-order valence-corrected chi connectivity index (χ1v) is 7.66. The van der Waals surface area contributed by atoms with Crippen molar-refractivity contribution in [1.29, 1.82) is 0 Å². The smallest absolute Gasteiger partial charge is 0.262 e. The summed E-state index contributed by atoms with van der Waals surface area (Å²) in [6.07, 6.45) is 3.34. The van der Waals surface area contributed by atoms with Crippen molar-refractivity contribution in [2.45, 2.75) is 38.1 Å². The molecule has 1 heterocycles. The van der Waals surface area contributed by atoms with Crippen LogP contribution in [0.15, 0.2) is 15.0 Å². The summed E-state index contributed by atoms with van der Waals surface area (Å²) in [4.78, 5) is 12.9. The number of hydrogen-bond acceptors (Lipinski definition) is 4. The van der Waals surface area contributed by atoms with Gasteiger partial charge in [0, 0.05) is 0 Å². The summed E-state index contributed by atoms with van der Waals surface area (Å²) >= 11 is 4.79. The van der Waals surface area contributed by atoms with E-state index in [0.29, 0.717) is 17.7 Å². The van der Waals surface area contributed by atoms with Gasteiger partial charge >= 0.3 is 0 Å². The van der Waals surface area contributed by atoms with Gasteiger partial charge in [0.05, 0.1) is 8.66 Å². The summed E-state index contributed by atoms with van der Waals surface area (Å²) in [5, 5.41) is 14.9. The lowest BCUT2D eigenvalue weighted by atomic mass is 9.96. The maximum Gasteiger partial charge on any atom is 0.262 e. The zero-order valence-electron chi connectivity index (χ0n) is 10.6. The highest BCUT2D eigenvalue weighted by Gasteiger charge is 2.40. The number of rotatable bonds is 3. The fourth-order valence-corrected chi connectivity index (χ4v) is 3.80. The van der Waals surface area contributed by atoms with Crippen LogP contribution in [0.25, 0.3) is 0 Å². The Morgan fingerprint density at radius 1 is 1.58 bits per heavy atom. The van der Waals surface area contributed by atoms with Crippen LogP contribution >= 0.6 is 27.3 Å². The lowest BCUT2D eigenvalue weighted by Crippen LogP contribution is -2.55. The van der Waals surface area contributed by atoms with Gasteiger partial charge in [0.1, 0.15) is 5.54 Å². The lowest BCUT2D eigenvalue weighted by molar-refractivity contribution is 0.0927. The number of carbonyl (C=O) groups is 1. The monoisotopic (exact) mass is 345 g/mol. The molecule has 1 aromatic heterocycles. The topological polar surface area (TPSA) is 87.7 Å². The summed E-state index contributed by atoms with van der Waals surface area (Å²) in [5.41, 5.74) is 6.08. The quantitative estimate of drug-likeness (QED) is 0.340. The Kier molecular flexibility index (Phi) is 4.15. The number of aryl methyl sites for hydroxylation is 1. The molecular weight excluding hydrogens is 330 g/mol. The summed E-state index contributed by atoms with van der Waals surface area (Å²) in [6.45, 7) is 1.94. The van der Waals surface area contributed by atoms with Crippen molar-refractivity contribution in [3.05, 3.63) is 20.3 Å². The molecule has 104 valence electrons. The van der Waals surface area contributed by atoms with Gasteiger partial charge < -0.3 is 16.3 Å². The van der Waals surface area contributed by atoms with Gasteiger partial charge in [-0.25, -0.2) is 0 Å². The minimum Gasteiger partial charge on any atom is -0.409 e. The lowest BCUT2D eigenvalue weighted by Gasteiger charge is -2.28. The molecule has 1 fully saturated rings. The van der Waals surface area contributed by atoms with E-state index < -0.39 is 5.54 Å². The highest BCUT2D eigenvalue weighted by atomic mass is 79.9. The van der Waals surface area contributed by atoms with Crippen LogP contribution in [-0.2, 0) is 0 Å². The Bertz CT molecular complexity index is 502.